The molecule has 0 unspecified atom stereocenters. The van der Waals surface area contributed by atoms with E-state index in [4.69, 9.17) is 0 Å². The summed E-state index contributed by atoms with van der Waals surface area (Å²) < 4.78 is 0. The van der Waals surface area contributed by atoms with Crippen LogP contribution < -0.4 is 0 Å². The van der Waals surface area contributed by atoms with E-state index in [1.54, 1.807) is 0 Å². The van der Waals surface area contributed by atoms with Crippen LogP contribution in [0.2, 0.25) is 5.32 Å². The third kappa shape index (κ3) is 7.82. The van der Waals surface area contributed by atoms with E-state index in [1.165, 1.54) is 0 Å². The molecule has 0 nitrogen and oxygen atoms in total. The minimum absolute atomic E-state index is 0.170. The fraction of sp³-hybridized carbons (Fsp3) is 0.556. The molecule has 0 aromatic heterocycles. The summed E-state index contributed by atoms with van der Waals surface area (Å²) in [6.45, 7) is 10.0. The van der Waals surface area contributed by atoms with Gasteiger partial charge in [-0.05, 0) is 0 Å². The van der Waals surface area contributed by atoms with Crippen molar-refractivity contribution < 1.29 is 0 Å². The first kappa shape index (κ1) is 9.82. The molecule has 56 valence electrons. The molecule has 0 heterocycles. The monoisotopic (exact) mass is 202 g/mol. The SMILES string of the molecule is C=CC[Se]C#CC(C)(C)C. The molecule has 0 spiro atoms. The Morgan fingerprint density at radius 1 is 1.50 bits per heavy atom. The molecule has 0 atom stereocenters. The average molecular weight is 201 g/mol. The van der Waals surface area contributed by atoms with Crippen LogP contribution in [0.25, 0.3) is 0 Å². The number of hydrogen-bond acceptors (Lipinski definition) is 0. The third-order valence-corrected chi connectivity index (χ3v) is 2.06. The summed E-state index contributed by atoms with van der Waals surface area (Å²) in [6.07, 6.45) is 1.93. The van der Waals surface area contributed by atoms with Crippen molar-refractivity contribution in [1.29, 1.82) is 0 Å². The van der Waals surface area contributed by atoms with Gasteiger partial charge in [-0.1, -0.05) is 0 Å². The Balaban J connectivity index is 3.59. The number of rotatable bonds is 2. The van der Waals surface area contributed by atoms with E-state index in [-0.39, 0.29) is 5.41 Å². The van der Waals surface area contributed by atoms with Gasteiger partial charge in [0.1, 0.15) is 0 Å². The Hall–Kier alpha value is -0.181. The van der Waals surface area contributed by atoms with Crippen molar-refractivity contribution in [3.8, 4) is 10.7 Å². The van der Waals surface area contributed by atoms with Crippen LogP contribution in [0, 0.1) is 16.2 Å². The Kier molecular flexibility index (Phi) is 4.52. The zero-order valence-electron chi connectivity index (χ0n) is 6.90. The molecule has 0 saturated carbocycles. The Bertz CT molecular complexity index is 152. The molecule has 0 fully saturated rings. The predicted molar refractivity (Wildman–Crippen MR) is 48.0 cm³/mol. The minimum atomic E-state index is 0.170. The van der Waals surface area contributed by atoms with Gasteiger partial charge in [0.25, 0.3) is 0 Å². The summed E-state index contributed by atoms with van der Waals surface area (Å²) in [7, 11) is 0. The van der Waals surface area contributed by atoms with E-state index in [0.717, 1.165) is 5.32 Å². The molecule has 0 N–H and O–H groups in total. The van der Waals surface area contributed by atoms with Crippen molar-refractivity contribution in [1.82, 2.24) is 0 Å². The molecule has 0 rings (SSSR count). The summed E-state index contributed by atoms with van der Waals surface area (Å²) in [5.74, 6) is 3.19. The van der Waals surface area contributed by atoms with Crippen LogP contribution in [0.3, 0.4) is 0 Å². The summed E-state index contributed by atoms with van der Waals surface area (Å²) in [5, 5.41) is 1.07. The second-order valence-electron chi connectivity index (χ2n) is 3.08. The van der Waals surface area contributed by atoms with Crippen molar-refractivity contribution in [3.05, 3.63) is 12.7 Å². The number of hydrogen-bond donors (Lipinski definition) is 0. The van der Waals surface area contributed by atoms with Crippen molar-refractivity contribution in [2.45, 2.75) is 26.1 Å². The van der Waals surface area contributed by atoms with Gasteiger partial charge in [0.05, 0.1) is 0 Å². The summed E-state index contributed by atoms with van der Waals surface area (Å²) in [6, 6.07) is 0. The van der Waals surface area contributed by atoms with E-state index < -0.39 is 0 Å². The zero-order valence-corrected chi connectivity index (χ0v) is 8.61. The topological polar surface area (TPSA) is 0 Å². The van der Waals surface area contributed by atoms with Gasteiger partial charge >= 0.3 is 69.9 Å². The van der Waals surface area contributed by atoms with Crippen LogP contribution in [0.5, 0.6) is 0 Å². The number of allylic oxidation sites excluding steroid dienone is 1. The van der Waals surface area contributed by atoms with Crippen molar-refractivity contribution in [2.75, 3.05) is 0 Å². The van der Waals surface area contributed by atoms with Crippen LogP contribution in [0.4, 0.5) is 0 Å². The van der Waals surface area contributed by atoms with Crippen LogP contribution in [-0.4, -0.2) is 15.0 Å². The molecule has 0 aromatic carbocycles. The standard InChI is InChI=1S/C9H14Se/c1-5-7-10-8-6-9(2,3)4/h5H,1,7H2,2-4H3. The van der Waals surface area contributed by atoms with Gasteiger partial charge in [-0.2, -0.15) is 0 Å². The van der Waals surface area contributed by atoms with Crippen LogP contribution in [0.15, 0.2) is 12.7 Å². The summed E-state index contributed by atoms with van der Waals surface area (Å²) >= 11 is 0.453. The van der Waals surface area contributed by atoms with E-state index in [1.807, 2.05) is 6.08 Å². The van der Waals surface area contributed by atoms with Gasteiger partial charge in [0.15, 0.2) is 0 Å². The Morgan fingerprint density at radius 3 is 2.50 bits per heavy atom. The zero-order chi connectivity index (χ0) is 8.04. The molecule has 1 heteroatoms. The molecule has 0 amide bonds. The molecular formula is C9H14Se. The molecule has 0 aromatic rings. The molecule has 0 saturated heterocycles. The van der Waals surface area contributed by atoms with Crippen molar-refractivity contribution >= 4 is 15.0 Å². The van der Waals surface area contributed by atoms with Gasteiger partial charge < -0.3 is 0 Å². The maximum atomic E-state index is 3.64. The molecule has 0 bridgehead atoms. The average Bonchev–Trinajstić information content (AvgIpc) is 1.78. The molecule has 0 aliphatic heterocycles. The van der Waals surface area contributed by atoms with E-state index in [9.17, 15) is 0 Å². The van der Waals surface area contributed by atoms with Crippen molar-refractivity contribution in [2.24, 2.45) is 5.41 Å². The van der Waals surface area contributed by atoms with E-state index in [0.29, 0.717) is 15.0 Å². The van der Waals surface area contributed by atoms with E-state index >= 15 is 0 Å². The van der Waals surface area contributed by atoms with Gasteiger partial charge in [0, 0.05) is 0 Å². The Labute approximate surface area is 70.2 Å². The maximum absolute atomic E-state index is 3.64. The molecule has 0 aliphatic carbocycles. The summed E-state index contributed by atoms with van der Waals surface area (Å²) in [5.41, 5.74) is 0.170. The van der Waals surface area contributed by atoms with Gasteiger partial charge in [-0.3, -0.25) is 0 Å². The molecular weight excluding hydrogens is 187 g/mol. The molecule has 10 heavy (non-hydrogen) atoms. The fourth-order valence-corrected chi connectivity index (χ4v) is 1.51. The fourth-order valence-electron chi connectivity index (χ4n) is 0.290. The van der Waals surface area contributed by atoms with Crippen LogP contribution >= 0.6 is 0 Å². The first-order valence-corrected chi connectivity index (χ1v) is 5.38. The first-order chi connectivity index (χ1) is 4.56. The third-order valence-electron chi connectivity index (χ3n) is 0.699. The predicted octanol–water partition coefficient (Wildman–Crippen LogP) is 2.30. The summed E-state index contributed by atoms with van der Waals surface area (Å²) in [4.78, 5) is 3.17. The van der Waals surface area contributed by atoms with Gasteiger partial charge in [-0.25, -0.2) is 0 Å². The van der Waals surface area contributed by atoms with Crippen molar-refractivity contribution in [3.63, 3.8) is 0 Å². The Morgan fingerprint density at radius 2 is 2.10 bits per heavy atom. The molecule has 0 radical (unpaired) electrons. The van der Waals surface area contributed by atoms with Gasteiger partial charge in [-0.15, -0.1) is 0 Å². The second kappa shape index (κ2) is 4.61. The van der Waals surface area contributed by atoms with Crippen LogP contribution in [-0.2, 0) is 0 Å². The normalized spacial score (nSPS) is 9.90. The second-order valence-corrected chi connectivity index (χ2v) is 4.81. The van der Waals surface area contributed by atoms with E-state index in [2.05, 4.69) is 38.1 Å². The molecule has 0 aliphatic rings. The van der Waals surface area contributed by atoms with Crippen LogP contribution in [0.1, 0.15) is 20.8 Å². The first-order valence-electron chi connectivity index (χ1n) is 3.31. The van der Waals surface area contributed by atoms with Gasteiger partial charge in [0.2, 0.25) is 0 Å². The quantitative estimate of drug-likeness (QED) is 0.278.